The number of imidazole rings is 1. The second kappa shape index (κ2) is 8.44. The molecule has 0 atom stereocenters. The number of amides is 1. The van der Waals surface area contributed by atoms with Crippen LogP contribution in [-0.2, 0) is 31.3 Å². The van der Waals surface area contributed by atoms with Crippen LogP contribution in [0.5, 0.6) is 0 Å². The first-order chi connectivity index (χ1) is 13.7. The van der Waals surface area contributed by atoms with E-state index in [9.17, 15) is 13.2 Å². The van der Waals surface area contributed by atoms with Crippen LogP contribution in [0.4, 0.5) is 0 Å². The zero-order valence-electron chi connectivity index (χ0n) is 17.7. The third-order valence-electron chi connectivity index (χ3n) is 5.54. The van der Waals surface area contributed by atoms with Gasteiger partial charge in [-0.15, -0.1) is 0 Å². The first-order valence-corrected chi connectivity index (χ1v) is 11.7. The second-order valence-corrected chi connectivity index (χ2v) is 11.0. The molecule has 0 radical (unpaired) electrons. The molecule has 7 nitrogen and oxygen atoms in total. The lowest BCUT2D eigenvalue weighted by Gasteiger charge is -2.31. The van der Waals surface area contributed by atoms with E-state index < -0.39 is 9.84 Å². The number of benzene rings is 1. The number of fused-ring (bicyclic) bond motifs is 1. The van der Waals surface area contributed by atoms with Gasteiger partial charge in [0.2, 0.25) is 6.41 Å². The zero-order valence-corrected chi connectivity index (χ0v) is 18.5. The average Bonchev–Trinajstić information content (AvgIpc) is 3.05. The molecule has 1 amide bonds. The molecular weight excluding hydrogens is 390 g/mol. The Labute approximate surface area is 173 Å². The molecule has 0 spiro atoms. The maximum Gasteiger partial charge on any atom is 0.209 e. The van der Waals surface area contributed by atoms with Crippen molar-refractivity contribution in [3.05, 3.63) is 24.0 Å². The van der Waals surface area contributed by atoms with E-state index in [1.54, 1.807) is 12.1 Å². The molecule has 0 aliphatic carbocycles. The molecule has 0 bridgehead atoms. The number of hydrogen-bond acceptors (Lipinski definition) is 5. The Morgan fingerprint density at radius 3 is 2.52 bits per heavy atom. The van der Waals surface area contributed by atoms with Crippen LogP contribution in [0, 0.1) is 5.92 Å². The summed E-state index contributed by atoms with van der Waals surface area (Å²) in [6.07, 6.45) is 2.85. The van der Waals surface area contributed by atoms with Gasteiger partial charge < -0.3 is 14.2 Å². The van der Waals surface area contributed by atoms with Gasteiger partial charge in [-0.05, 0) is 37.0 Å². The highest BCUT2D eigenvalue weighted by Crippen LogP contribution is 2.30. The first kappa shape index (κ1) is 21.8. The van der Waals surface area contributed by atoms with E-state index in [4.69, 9.17) is 9.72 Å². The number of aromatic nitrogens is 2. The number of rotatable bonds is 7. The van der Waals surface area contributed by atoms with Gasteiger partial charge in [0.25, 0.3) is 0 Å². The number of carbonyl (C=O) groups is 1. The molecule has 1 aromatic carbocycles. The summed E-state index contributed by atoms with van der Waals surface area (Å²) in [6.45, 7) is 8.93. The van der Waals surface area contributed by atoms with Crippen molar-refractivity contribution >= 4 is 27.3 Å². The summed E-state index contributed by atoms with van der Waals surface area (Å²) in [4.78, 5) is 17.9. The van der Waals surface area contributed by atoms with Crippen LogP contribution in [0.25, 0.3) is 11.0 Å². The van der Waals surface area contributed by atoms with Gasteiger partial charge in [0.05, 0.1) is 28.3 Å². The quantitative estimate of drug-likeness (QED) is 0.642. The Morgan fingerprint density at radius 2 is 1.93 bits per heavy atom. The van der Waals surface area contributed by atoms with Crippen molar-refractivity contribution < 1.29 is 17.9 Å². The van der Waals surface area contributed by atoms with Crippen molar-refractivity contribution in [3.8, 4) is 0 Å². The lowest BCUT2D eigenvalue weighted by atomic mass is 9.93. The molecule has 2 heterocycles. The summed E-state index contributed by atoms with van der Waals surface area (Å²) < 4.78 is 32.3. The van der Waals surface area contributed by atoms with E-state index >= 15 is 0 Å². The molecular formula is C21H31N3O4S. The molecule has 0 N–H and O–H groups in total. The number of carbonyl (C=O) groups excluding carboxylic acids is 1. The number of nitrogens with zero attached hydrogens (tertiary/aromatic N) is 3. The van der Waals surface area contributed by atoms with Gasteiger partial charge in [-0.25, -0.2) is 13.4 Å². The van der Waals surface area contributed by atoms with E-state index in [0.29, 0.717) is 11.4 Å². The lowest BCUT2D eigenvalue weighted by Crippen LogP contribution is -2.34. The summed E-state index contributed by atoms with van der Waals surface area (Å²) in [7, 11) is -1.91. The fourth-order valence-corrected chi connectivity index (χ4v) is 5.06. The molecule has 1 aliphatic heterocycles. The maximum absolute atomic E-state index is 12.6. The van der Waals surface area contributed by atoms with Crippen molar-refractivity contribution in [1.29, 1.82) is 0 Å². The number of likely N-dealkylation sites (tertiary alicyclic amines) is 1. The van der Waals surface area contributed by atoms with Crippen LogP contribution in [0.15, 0.2) is 23.1 Å². The normalized spacial score (nSPS) is 16.5. The van der Waals surface area contributed by atoms with Crippen LogP contribution in [0.3, 0.4) is 0 Å². The number of ether oxygens (including phenoxy) is 1. The third kappa shape index (κ3) is 4.80. The van der Waals surface area contributed by atoms with Gasteiger partial charge in [-0.3, -0.25) is 4.79 Å². The molecule has 8 heteroatoms. The topological polar surface area (TPSA) is 81.5 Å². The molecule has 1 aromatic heterocycles. The van der Waals surface area contributed by atoms with E-state index in [1.807, 2.05) is 11.0 Å². The van der Waals surface area contributed by atoms with Crippen LogP contribution >= 0.6 is 0 Å². The first-order valence-electron chi connectivity index (χ1n) is 10.1. The SMILES string of the molecule is COCCS(=O)(=O)c1ccc2c(c1)nc(C(C)(C)C)n2CC1CCN(C=O)CC1. The molecule has 1 fully saturated rings. The van der Waals surface area contributed by atoms with Crippen LogP contribution in [0.2, 0.25) is 0 Å². The Kier molecular flexibility index (Phi) is 6.33. The number of sulfone groups is 1. The van der Waals surface area contributed by atoms with Crippen molar-refractivity contribution in [2.45, 2.75) is 50.5 Å². The predicted molar refractivity (Wildman–Crippen MR) is 113 cm³/mol. The molecule has 1 saturated heterocycles. The minimum absolute atomic E-state index is 0.0445. The minimum atomic E-state index is -3.40. The third-order valence-corrected chi connectivity index (χ3v) is 7.22. The van der Waals surface area contributed by atoms with E-state index in [-0.39, 0.29) is 22.7 Å². The molecule has 3 rings (SSSR count). The fraction of sp³-hybridized carbons (Fsp3) is 0.619. The summed E-state index contributed by atoms with van der Waals surface area (Å²) in [6, 6.07) is 5.23. The molecule has 2 aromatic rings. The Morgan fingerprint density at radius 1 is 1.24 bits per heavy atom. The van der Waals surface area contributed by atoms with Crippen molar-refractivity contribution in [3.63, 3.8) is 0 Å². The van der Waals surface area contributed by atoms with E-state index in [1.165, 1.54) is 7.11 Å². The van der Waals surface area contributed by atoms with Crippen molar-refractivity contribution in [2.24, 2.45) is 5.92 Å². The Hall–Kier alpha value is -1.93. The summed E-state index contributed by atoms with van der Waals surface area (Å²) in [5, 5.41) is 0. The second-order valence-electron chi connectivity index (χ2n) is 8.84. The average molecular weight is 422 g/mol. The van der Waals surface area contributed by atoms with Crippen LogP contribution < -0.4 is 0 Å². The fourth-order valence-electron chi connectivity index (χ4n) is 3.87. The highest BCUT2D eigenvalue weighted by Gasteiger charge is 2.27. The lowest BCUT2D eigenvalue weighted by molar-refractivity contribution is -0.119. The van der Waals surface area contributed by atoms with Gasteiger partial charge in [-0.2, -0.15) is 0 Å². The van der Waals surface area contributed by atoms with Crippen molar-refractivity contribution in [1.82, 2.24) is 14.5 Å². The Bertz CT molecular complexity index is 968. The highest BCUT2D eigenvalue weighted by atomic mass is 32.2. The number of methoxy groups -OCH3 is 1. The van der Waals surface area contributed by atoms with E-state index in [0.717, 1.165) is 50.2 Å². The summed E-state index contributed by atoms with van der Waals surface area (Å²) in [5.74, 6) is 1.38. The number of hydrogen-bond donors (Lipinski definition) is 0. The van der Waals surface area contributed by atoms with Gasteiger partial charge in [0, 0.05) is 32.2 Å². The smallest absolute Gasteiger partial charge is 0.209 e. The largest absolute Gasteiger partial charge is 0.384 e. The predicted octanol–water partition coefficient (Wildman–Crippen LogP) is 2.62. The molecule has 160 valence electrons. The monoisotopic (exact) mass is 421 g/mol. The molecule has 29 heavy (non-hydrogen) atoms. The van der Waals surface area contributed by atoms with Gasteiger partial charge in [0.1, 0.15) is 5.82 Å². The number of piperidine rings is 1. The minimum Gasteiger partial charge on any atom is -0.384 e. The molecule has 0 unspecified atom stereocenters. The van der Waals surface area contributed by atoms with Crippen LogP contribution in [0.1, 0.15) is 39.4 Å². The standard InChI is InChI=1S/C21H31N3O4S/c1-21(2,3)20-22-18-13-17(29(26,27)12-11-28-4)5-6-19(18)24(20)14-16-7-9-23(15-25)10-8-16/h5-6,13,15-16H,7-12,14H2,1-4H3. The van der Waals surface area contributed by atoms with E-state index in [2.05, 4.69) is 25.3 Å². The maximum atomic E-state index is 12.6. The Balaban J connectivity index is 1.96. The highest BCUT2D eigenvalue weighted by molar-refractivity contribution is 7.91. The molecule has 1 aliphatic rings. The van der Waals surface area contributed by atoms with Crippen LogP contribution in [-0.4, -0.2) is 61.8 Å². The van der Waals surface area contributed by atoms with Gasteiger partial charge in [0.15, 0.2) is 9.84 Å². The van der Waals surface area contributed by atoms with Crippen molar-refractivity contribution in [2.75, 3.05) is 32.6 Å². The summed E-state index contributed by atoms with van der Waals surface area (Å²) >= 11 is 0. The molecule has 0 saturated carbocycles. The zero-order chi connectivity index (χ0) is 21.2. The van der Waals surface area contributed by atoms with Gasteiger partial charge >= 0.3 is 0 Å². The van der Waals surface area contributed by atoms with Gasteiger partial charge in [-0.1, -0.05) is 20.8 Å². The summed E-state index contributed by atoms with van der Waals surface area (Å²) in [5.41, 5.74) is 1.50.